The van der Waals surface area contributed by atoms with Crippen molar-refractivity contribution >= 4 is 11.8 Å². The Bertz CT molecular complexity index is 939. The topological polar surface area (TPSA) is 92.2 Å². The van der Waals surface area contributed by atoms with Crippen molar-refractivity contribution in [2.75, 3.05) is 6.54 Å². The largest absolute Gasteiger partial charge is 0.328 e. The first-order valence-electron chi connectivity index (χ1n) is 7.08. The highest BCUT2D eigenvalue weighted by atomic mass is 19.1. The molecule has 1 aromatic heterocycles. The lowest BCUT2D eigenvalue weighted by atomic mass is 10.1. The minimum absolute atomic E-state index is 0.00426. The third-order valence-electron chi connectivity index (χ3n) is 3.60. The summed E-state index contributed by atoms with van der Waals surface area (Å²) in [7, 11) is 0. The van der Waals surface area contributed by atoms with Crippen molar-refractivity contribution in [3.63, 3.8) is 0 Å². The van der Waals surface area contributed by atoms with Gasteiger partial charge in [0.1, 0.15) is 0 Å². The first-order valence-corrected chi connectivity index (χ1v) is 7.08. The van der Waals surface area contributed by atoms with E-state index in [1.54, 1.807) is 24.3 Å². The molecule has 2 amide bonds. The Kier molecular flexibility index (Phi) is 3.95. The number of nitrogens with one attached hydrogen (secondary N) is 1. The van der Waals surface area contributed by atoms with Crippen molar-refractivity contribution in [2.24, 2.45) is 0 Å². The second kappa shape index (κ2) is 6.07. The van der Waals surface area contributed by atoms with Crippen molar-refractivity contribution in [1.29, 1.82) is 0 Å². The summed E-state index contributed by atoms with van der Waals surface area (Å²) in [5.74, 6) is -1.83. The number of carbonyl (C=O) groups is 2. The fourth-order valence-corrected chi connectivity index (χ4v) is 2.39. The molecule has 1 N–H and O–H groups in total. The summed E-state index contributed by atoms with van der Waals surface area (Å²) in [6, 6.07) is 6.53. The molecule has 0 bridgehead atoms. The number of rotatable bonds is 4. The van der Waals surface area contributed by atoms with Crippen molar-refractivity contribution < 1.29 is 14.0 Å². The predicted octanol–water partition coefficient (Wildman–Crippen LogP) is 0.528. The first kappa shape index (κ1) is 15.6. The lowest BCUT2D eigenvalue weighted by molar-refractivity contribution is 0.0672. The van der Waals surface area contributed by atoms with Gasteiger partial charge in [-0.05, 0) is 12.1 Å². The molecule has 1 aromatic carbocycles. The van der Waals surface area contributed by atoms with Gasteiger partial charge < -0.3 is 0 Å². The number of imide groups is 1. The lowest BCUT2D eigenvalue weighted by Gasteiger charge is -2.10. The van der Waals surface area contributed by atoms with Crippen molar-refractivity contribution in [3.05, 3.63) is 80.4 Å². The maximum absolute atomic E-state index is 13.1. The number of allylic oxidation sites excluding steroid dienone is 1. The molecule has 0 aliphatic carbocycles. The molecular formula is C16H12FN3O4. The summed E-state index contributed by atoms with van der Waals surface area (Å²) in [5.41, 5.74) is -1.11. The minimum Gasteiger partial charge on any atom is -0.294 e. The van der Waals surface area contributed by atoms with Gasteiger partial charge in [0.2, 0.25) is 5.82 Å². The van der Waals surface area contributed by atoms with Crippen LogP contribution in [0.25, 0.3) is 0 Å². The summed E-state index contributed by atoms with van der Waals surface area (Å²) < 4.78 is 14.1. The standard InChI is InChI=1S/C16H12FN3O4/c17-12-9-19(16(24)18-13(12)21)7-3-4-8-20-14(22)10-5-1-2-6-11(10)15(20)23/h1-6,9H,7-8H2,(H,18,21,24)/b4-3-. The highest BCUT2D eigenvalue weighted by Crippen LogP contribution is 2.21. The number of H-pyrrole nitrogens is 1. The molecule has 0 unspecified atom stereocenters. The van der Waals surface area contributed by atoms with E-state index in [9.17, 15) is 23.6 Å². The van der Waals surface area contributed by atoms with Crippen LogP contribution < -0.4 is 11.2 Å². The number of halogens is 1. The van der Waals surface area contributed by atoms with Gasteiger partial charge in [-0.25, -0.2) is 4.79 Å². The number of carbonyl (C=O) groups excluding carboxylic acids is 2. The van der Waals surface area contributed by atoms with E-state index in [0.29, 0.717) is 11.1 Å². The number of amides is 2. The molecule has 0 saturated heterocycles. The Labute approximate surface area is 134 Å². The number of benzene rings is 1. The maximum Gasteiger partial charge on any atom is 0.328 e. The zero-order valence-electron chi connectivity index (χ0n) is 12.4. The Morgan fingerprint density at radius 2 is 1.54 bits per heavy atom. The van der Waals surface area contributed by atoms with Crippen LogP contribution in [0.4, 0.5) is 4.39 Å². The van der Waals surface area contributed by atoms with Crippen molar-refractivity contribution in [2.45, 2.75) is 6.54 Å². The van der Waals surface area contributed by atoms with E-state index in [4.69, 9.17) is 0 Å². The Morgan fingerprint density at radius 3 is 2.17 bits per heavy atom. The van der Waals surface area contributed by atoms with Gasteiger partial charge in [0.15, 0.2) is 0 Å². The van der Waals surface area contributed by atoms with Crippen LogP contribution in [0.2, 0.25) is 0 Å². The molecule has 2 aromatic rings. The Morgan fingerprint density at radius 1 is 0.958 bits per heavy atom. The third kappa shape index (κ3) is 2.69. The highest BCUT2D eigenvalue weighted by Gasteiger charge is 2.33. The van der Waals surface area contributed by atoms with Crippen LogP contribution in [0.3, 0.4) is 0 Å². The maximum atomic E-state index is 13.1. The lowest BCUT2D eigenvalue weighted by Crippen LogP contribution is -2.31. The summed E-state index contributed by atoms with van der Waals surface area (Å²) >= 11 is 0. The number of nitrogens with zero attached hydrogens (tertiary/aromatic N) is 2. The number of aromatic nitrogens is 2. The summed E-state index contributed by atoms with van der Waals surface area (Å²) in [6.45, 7) is 0.0304. The van der Waals surface area contributed by atoms with E-state index in [-0.39, 0.29) is 24.9 Å². The minimum atomic E-state index is -1.08. The van der Waals surface area contributed by atoms with Crippen LogP contribution in [0, 0.1) is 5.82 Å². The fourth-order valence-electron chi connectivity index (χ4n) is 2.39. The molecule has 8 heteroatoms. The zero-order valence-corrected chi connectivity index (χ0v) is 12.4. The van der Waals surface area contributed by atoms with Gasteiger partial charge in [-0.1, -0.05) is 24.3 Å². The second-order valence-corrected chi connectivity index (χ2v) is 5.13. The van der Waals surface area contributed by atoms with Crippen LogP contribution in [0.15, 0.2) is 52.2 Å². The molecule has 24 heavy (non-hydrogen) atoms. The number of aromatic amines is 1. The van der Waals surface area contributed by atoms with Gasteiger partial charge in [0.25, 0.3) is 17.4 Å². The SMILES string of the molecule is O=C1c2ccccc2C(=O)N1C/C=C\Cn1cc(F)c(=O)[nH]c1=O. The molecule has 3 rings (SSSR count). The monoisotopic (exact) mass is 329 g/mol. The summed E-state index contributed by atoms with van der Waals surface area (Å²) in [5, 5.41) is 0. The Hall–Kier alpha value is -3.29. The molecular weight excluding hydrogens is 317 g/mol. The fraction of sp³-hybridized carbons (Fsp3) is 0.125. The van der Waals surface area contributed by atoms with Gasteiger partial charge >= 0.3 is 5.69 Å². The summed E-state index contributed by atoms with van der Waals surface area (Å²) in [4.78, 5) is 49.6. The normalized spacial score (nSPS) is 13.8. The van der Waals surface area contributed by atoms with E-state index in [1.165, 1.54) is 12.2 Å². The highest BCUT2D eigenvalue weighted by molar-refractivity contribution is 6.21. The van der Waals surface area contributed by atoms with Crippen LogP contribution in [-0.4, -0.2) is 32.8 Å². The van der Waals surface area contributed by atoms with Crippen molar-refractivity contribution in [3.8, 4) is 0 Å². The molecule has 0 saturated carbocycles. The average Bonchev–Trinajstić information content (AvgIpc) is 2.81. The number of fused-ring (bicyclic) bond motifs is 1. The molecule has 122 valence electrons. The van der Waals surface area contributed by atoms with Crippen LogP contribution in [0.1, 0.15) is 20.7 Å². The first-order chi connectivity index (χ1) is 11.5. The van der Waals surface area contributed by atoms with E-state index in [1.807, 2.05) is 4.98 Å². The zero-order chi connectivity index (χ0) is 17.3. The van der Waals surface area contributed by atoms with Gasteiger partial charge in [-0.3, -0.25) is 28.8 Å². The molecule has 0 atom stereocenters. The predicted molar refractivity (Wildman–Crippen MR) is 82.2 cm³/mol. The molecule has 0 spiro atoms. The molecule has 0 fully saturated rings. The van der Waals surface area contributed by atoms with Crippen LogP contribution in [0.5, 0.6) is 0 Å². The van der Waals surface area contributed by atoms with E-state index >= 15 is 0 Å². The van der Waals surface area contributed by atoms with Crippen LogP contribution >= 0.6 is 0 Å². The smallest absolute Gasteiger partial charge is 0.294 e. The molecule has 1 aliphatic heterocycles. The van der Waals surface area contributed by atoms with Gasteiger partial charge in [0.05, 0.1) is 17.3 Å². The third-order valence-corrected chi connectivity index (χ3v) is 3.60. The van der Waals surface area contributed by atoms with Gasteiger partial charge in [-0.15, -0.1) is 0 Å². The summed E-state index contributed by atoms with van der Waals surface area (Å²) in [6.07, 6.45) is 3.83. The van der Waals surface area contributed by atoms with Gasteiger partial charge in [0, 0.05) is 13.1 Å². The second-order valence-electron chi connectivity index (χ2n) is 5.13. The quantitative estimate of drug-likeness (QED) is 0.654. The number of hydrogen-bond donors (Lipinski definition) is 1. The Balaban J connectivity index is 1.69. The van der Waals surface area contributed by atoms with Crippen molar-refractivity contribution in [1.82, 2.24) is 14.5 Å². The molecule has 2 heterocycles. The van der Waals surface area contributed by atoms with E-state index < -0.39 is 17.1 Å². The van der Waals surface area contributed by atoms with E-state index in [2.05, 4.69) is 0 Å². The van der Waals surface area contributed by atoms with E-state index in [0.717, 1.165) is 15.7 Å². The molecule has 7 nitrogen and oxygen atoms in total. The molecule has 1 aliphatic rings. The van der Waals surface area contributed by atoms with Gasteiger partial charge in [-0.2, -0.15) is 4.39 Å². The van der Waals surface area contributed by atoms with Crippen LogP contribution in [-0.2, 0) is 6.54 Å². The molecule has 0 radical (unpaired) electrons. The average molecular weight is 329 g/mol. The number of hydrogen-bond acceptors (Lipinski definition) is 4.